The Morgan fingerprint density at radius 1 is 1.12 bits per heavy atom. The molecule has 1 aromatic carbocycles. The van der Waals surface area contributed by atoms with Gasteiger partial charge in [-0.1, -0.05) is 28.1 Å². The van der Waals surface area contributed by atoms with Gasteiger partial charge in [-0.25, -0.2) is 0 Å². The lowest BCUT2D eigenvalue weighted by molar-refractivity contribution is 0.109. The zero-order chi connectivity index (χ0) is 12.1. The normalized spacial score (nSPS) is 10.4. The molecule has 88 valence electrons. The molecule has 1 heterocycles. The van der Waals surface area contributed by atoms with Crippen LogP contribution < -0.4 is 5.32 Å². The molecule has 0 saturated carbocycles. The van der Waals surface area contributed by atoms with E-state index < -0.39 is 0 Å². The molecule has 0 atom stereocenters. The highest BCUT2D eigenvalue weighted by Crippen LogP contribution is 2.10. The van der Waals surface area contributed by atoms with Gasteiger partial charge in [0, 0.05) is 11.0 Å². The predicted octanol–water partition coefficient (Wildman–Crippen LogP) is 3.14. The van der Waals surface area contributed by atoms with Crippen molar-refractivity contribution in [3.05, 3.63) is 58.0 Å². The maximum atomic E-state index is 10.4. The summed E-state index contributed by atoms with van der Waals surface area (Å²) in [6.07, 6.45) is 0.707. The second-order valence-electron chi connectivity index (χ2n) is 3.65. The lowest BCUT2D eigenvalue weighted by Crippen LogP contribution is -2.11. The Morgan fingerprint density at radius 2 is 1.88 bits per heavy atom. The fraction of sp³-hybridized carbons (Fsp3) is 0.154. The SMILES string of the molecule is O=Cc1ccc(CNCc2ccc(Br)cc2)o1. The zero-order valence-electron chi connectivity index (χ0n) is 9.15. The molecule has 17 heavy (non-hydrogen) atoms. The van der Waals surface area contributed by atoms with E-state index in [1.54, 1.807) is 12.1 Å². The van der Waals surface area contributed by atoms with Gasteiger partial charge in [-0.05, 0) is 29.8 Å². The number of hydrogen-bond donors (Lipinski definition) is 1. The number of halogens is 1. The molecular formula is C13H12BrNO2. The van der Waals surface area contributed by atoms with E-state index in [4.69, 9.17) is 4.42 Å². The second-order valence-corrected chi connectivity index (χ2v) is 4.57. The van der Waals surface area contributed by atoms with E-state index in [0.29, 0.717) is 18.6 Å². The molecule has 1 N–H and O–H groups in total. The molecule has 0 amide bonds. The van der Waals surface area contributed by atoms with Gasteiger partial charge in [0.05, 0.1) is 6.54 Å². The van der Waals surface area contributed by atoms with Crippen LogP contribution in [0.5, 0.6) is 0 Å². The second kappa shape index (κ2) is 5.80. The summed E-state index contributed by atoms with van der Waals surface area (Å²) in [5, 5.41) is 3.25. The van der Waals surface area contributed by atoms with Gasteiger partial charge in [0.25, 0.3) is 0 Å². The molecule has 0 aliphatic carbocycles. The summed E-state index contributed by atoms with van der Waals surface area (Å²) in [4.78, 5) is 10.4. The van der Waals surface area contributed by atoms with Crippen molar-refractivity contribution in [2.24, 2.45) is 0 Å². The Balaban J connectivity index is 1.83. The summed E-state index contributed by atoms with van der Waals surface area (Å²) >= 11 is 3.39. The fourth-order valence-corrected chi connectivity index (χ4v) is 1.75. The Bertz CT molecular complexity index is 490. The van der Waals surface area contributed by atoms with Crippen LogP contribution in [-0.2, 0) is 13.1 Å². The number of benzene rings is 1. The van der Waals surface area contributed by atoms with Crippen LogP contribution in [0.2, 0.25) is 0 Å². The van der Waals surface area contributed by atoms with E-state index in [1.165, 1.54) is 5.56 Å². The van der Waals surface area contributed by atoms with E-state index in [0.717, 1.165) is 16.8 Å². The lowest BCUT2D eigenvalue weighted by Gasteiger charge is -2.03. The molecule has 0 spiro atoms. The Morgan fingerprint density at radius 3 is 2.53 bits per heavy atom. The minimum atomic E-state index is 0.366. The first-order valence-corrected chi connectivity index (χ1v) is 6.06. The minimum absolute atomic E-state index is 0.366. The zero-order valence-corrected chi connectivity index (χ0v) is 10.7. The van der Waals surface area contributed by atoms with Crippen molar-refractivity contribution < 1.29 is 9.21 Å². The Kier molecular flexibility index (Phi) is 4.12. The number of hydrogen-bond acceptors (Lipinski definition) is 3. The molecule has 0 unspecified atom stereocenters. The van der Waals surface area contributed by atoms with Crippen LogP contribution in [-0.4, -0.2) is 6.29 Å². The van der Waals surface area contributed by atoms with Crippen LogP contribution in [0.25, 0.3) is 0 Å². The number of furan rings is 1. The third kappa shape index (κ3) is 3.54. The number of carbonyl (C=O) groups excluding carboxylic acids is 1. The molecule has 3 nitrogen and oxygen atoms in total. The van der Waals surface area contributed by atoms with E-state index in [-0.39, 0.29) is 0 Å². The van der Waals surface area contributed by atoms with Crippen molar-refractivity contribution in [3.8, 4) is 0 Å². The minimum Gasteiger partial charge on any atom is -0.457 e. The molecule has 0 radical (unpaired) electrons. The highest BCUT2D eigenvalue weighted by atomic mass is 79.9. The molecule has 0 fully saturated rings. The average Bonchev–Trinajstić information content (AvgIpc) is 2.80. The topological polar surface area (TPSA) is 42.2 Å². The number of nitrogens with one attached hydrogen (secondary N) is 1. The van der Waals surface area contributed by atoms with Crippen molar-refractivity contribution in [3.63, 3.8) is 0 Å². The quantitative estimate of drug-likeness (QED) is 0.861. The first kappa shape index (κ1) is 12.1. The molecule has 2 aromatic rings. The van der Waals surface area contributed by atoms with E-state index >= 15 is 0 Å². The molecule has 0 aliphatic heterocycles. The van der Waals surface area contributed by atoms with Crippen LogP contribution in [0.15, 0.2) is 45.3 Å². The van der Waals surface area contributed by atoms with Gasteiger partial charge in [-0.15, -0.1) is 0 Å². The summed E-state index contributed by atoms with van der Waals surface area (Å²) in [5.41, 5.74) is 1.20. The van der Waals surface area contributed by atoms with Gasteiger partial charge in [0.15, 0.2) is 12.0 Å². The van der Waals surface area contributed by atoms with Crippen molar-refractivity contribution in [1.29, 1.82) is 0 Å². The molecular weight excluding hydrogens is 282 g/mol. The molecule has 0 bridgehead atoms. The van der Waals surface area contributed by atoms with Gasteiger partial charge in [-0.3, -0.25) is 4.79 Å². The van der Waals surface area contributed by atoms with Gasteiger partial charge < -0.3 is 9.73 Å². The van der Waals surface area contributed by atoms with Gasteiger partial charge in [0.2, 0.25) is 0 Å². The van der Waals surface area contributed by atoms with Gasteiger partial charge >= 0.3 is 0 Å². The van der Waals surface area contributed by atoms with Crippen LogP contribution in [0.1, 0.15) is 21.9 Å². The van der Waals surface area contributed by atoms with Crippen LogP contribution in [0, 0.1) is 0 Å². The molecule has 4 heteroatoms. The average molecular weight is 294 g/mol. The molecule has 0 saturated heterocycles. The number of rotatable bonds is 5. The number of carbonyl (C=O) groups is 1. The molecule has 0 aliphatic rings. The summed E-state index contributed by atoms with van der Waals surface area (Å²) in [7, 11) is 0. The summed E-state index contributed by atoms with van der Waals surface area (Å²) < 4.78 is 6.32. The third-order valence-electron chi connectivity index (χ3n) is 2.34. The van der Waals surface area contributed by atoms with E-state index in [9.17, 15) is 4.79 Å². The van der Waals surface area contributed by atoms with Crippen molar-refractivity contribution in [2.45, 2.75) is 13.1 Å². The van der Waals surface area contributed by atoms with E-state index in [2.05, 4.69) is 33.4 Å². The smallest absolute Gasteiger partial charge is 0.185 e. The van der Waals surface area contributed by atoms with Crippen LogP contribution in [0.3, 0.4) is 0 Å². The lowest BCUT2D eigenvalue weighted by atomic mass is 10.2. The van der Waals surface area contributed by atoms with E-state index in [1.807, 2.05) is 12.1 Å². The monoisotopic (exact) mass is 293 g/mol. The summed E-state index contributed by atoms with van der Waals surface area (Å²) in [6, 6.07) is 11.6. The number of aldehydes is 1. The Labute approximate surface area is 108 Å². The highest BCUT2D eigenvalue weighted by Gasteiger charge is 2.00. The molecule has 2 rings (SSSR count). The maximum absolute atomic E-state index is 10.4. The first-order valence-electron chi connectivity index (χ1n) is 5.27. The highest BCUT2D eigenvalue weighted by molar-refractivity contribution is 9.10. The summed E-state index contributed by atoms with van der Waals surface area (Å²) in [5.74, 6) is 1.13. The fourth-order valence-electron chi connectivity index (χ4n) is 1.49. The first-order chi connectivity index (χ1) is 8.28. The van der Waals surface area contributed by atoms with Gasteiger partial charge in [-0.2, -0.15) is 0 Å². The van der Waals surface area contributed by atoms with Crippen molar-refractivity contribution >= 4 is 22.2 Å². The third-order valence-corrected chi connectivity index (χ3v) is 2.87. The largest absolute Gasteiger partial charge is 0.457 e. The van der Waals surface area contributed by atoms with Crippen LogP contribution in [0.4, 0.5) is 0 Å². The van der Waals surface area contributed by atoms with Crippen molar-refractivity contribution in [1.82, 2.24) is 5.32 Å². The summed E-state index contributed by atoms with van der Waals surface area (Å²) in [6.45, 7) is 1.38. The van der Waals surface area contributed by atoms with Gasteiger partial charge in [0.1, 0.15) is 5.76 Å². The predicted molar refractivity (Wildman–Crippen MR) is 68.8 cm³/mol. The standard InChI is InChI=1S/C13H12BrNO2/c14-11-3-1-10(2-4-11)7-15-8-12-5-6-13(9-16)17-12/h1-6,9,15H,7-8H2. The Hall–Kier alpha value is -1.39. The molecule has 1 aromatic heterocycles. The van der Waals surface area contributed by atoms with Crippen molar-refractivity contribution in [2.75, 3.05) is 0 Å². The maximum Gasteiger partial charge on any atom is 0.185 e. The van der Waals surface area contributed by atoms with Crippen LogP contribution >= 0.6 is 15.9 Å².